The smallest absolute Gasteiger partial charge is 0.246 e. The summed E-state index contributed by atoms with van der Waals surface area (Å²) in [6.45, 7) is 7.16. The van der Waals surface area contributed by atoms with Crippen LogP contribution in [0.1, 0.15) is 27.7 Å². The van der Waals surface area contributed by atoms with Gasteiger partial charge >= 0.3 is 0 Å². The van der Waals surface area contributed by atoms with Crippen molar-refractivity contribution < 1.29 is 4.79 Å². The number of likely N-dealkylation sites (tertiary alicyclic amines) is 1. The number of hydrogen-bond donors (Lipinski definition) is 0. The van der Waals surface area contributed by atoms with E-state index in [0.29, 0.717) is 11.8 Å². The first kappa shape index (κ1) is 16.2. The van der Waals surface area contributed by atoms with E-state index in [1.54, 1.807) is 6.08 Å². The van der Waals surface area contributed by atoms with Gasteiger partial charge in [0.05, 0.1) is 0 Å². The van der Waals surface area contributed by atoms with Crippen LogP contribution < -0.4 is 0 Å². The fourth-order valence-corrected chi connectivity index (χ4v) is 2.00. The second-order valence-corrected chi connectivity index (χ2v) is 5.24. The molecule has 1 rings (SSSR count). The predicted molar refractivity (Wildman–Crippen MR) is 74.0 cm³/mol. The van der Waals surface area contributed by atoms with Crippen molar-refractivity contribution in [3.05, 3.63) is 12.2 Å². The number of rotatable bonds is 4. The molecule has 0 aliphatic carbocycles. The van der Waals surface area contributed by atoms with E-state index in [4.69, 9.17) is 0 Å². The van der Waals surface area contributed by atoms with Gasteiger partial charge in [0.15, 0.2) is 0 Å². The lowest BCUT2D eigenvalue weighted by Crippen LogP contribution is -2.27. The van der Waals surface area contributed by atoms with Crippen molar-refractivity contribution >= 4 is 5.91 Å². The molecule has 0 aromatic heterocycles. The van der Waals surface area contributed by atoms with Gasteiger partial charge in [-0.25, -0.2) is 0 Å². The minimum atomic E-state index is 0. The normalized spacial score (nSPS) is 20.4. The molecule has 1 amide bonds. The van der Waals surface area contributed by atoms with Gasteiger partial charge < -0.3 is 9.80 Å². The minimum Gasteiger partial charge on any atom is -0.339 e. The largest absolute Gasteiger partial charge is 0.339 e. The van der Waals surface area contributed by atoms with Gasteiger partial charge in [-0.05, 0) is 32.4 Å². The molecule has 3 nitrogen and oxygen atoms in total. The van der Waals surface area contributed by atoms with Gasteiger partial charge in [0.25, 0.3) is 0 Å². The Morgan fingerprint density at radius 3 is 2.59 bits per heavy atom. The van der Waals surface area contributed by atoms with Gasteiger partial charge in [-0.15, -0.1) is 0 Å². The van der Waals surface area contributed by atoms with Crippen LogP contribution in [0.3, 0.4) is 0 Å². The molecule has 1 heterocycles. The molecule has 3 heteroatoms. The Hall–Kier alpha value is -0.830. The number of nitrogens with zero attached hydrogens (tertiary/aromatic N) is 2. The third kappa shape index (κ3) is 5.35. The molecule has 0 N–H and O–H groups in total. The van der Waals surface area contributed by atoms with Crippen molar-refractivity contribution in [2.45, 2.75) is 27.7 Å². The predicted octanol–water partition coefficient (Wildman–Crippen LogP) is 2.24. The third-order valence-corrected chi connectivity index (χ3v) is 3.21. The van der Waals surface area contributed by atoms with Gasteiger partial charge in [-0.3, -0.25) is 4.79 Å². The van der Waals surface area contributed by atoms with Crippen LogP contribution in [0.15, 0.2) is 12.2 Å². The Labute approximate surface area is 106 Å². The Kier molecular flexibility index (Phi) is 7.12. The fourth-order valence-electron chi connectivity index (χ4n) is 2.00. The average Bonchev–Trinajstić information content (AvgIpc) is 2.65. The van der Waals surface area contributed by atoms with Gasteiger partial charge in [0, 0.05) is 25.7 Å². The molecule has 0 bridgehead atoms. The zero-order valence-electron chi connectivity index (χ0n) is 10.9. The SMILES string of the molecule is C.CC(C)[C@@H]1CCN(C(=O)/C=C/CN(C)C)C1. The fraction of sp³-hybridized carbons (Fsp3) is 0.786. The molecule has 1 saturated heterocycles. The molecule has 1 atom stereocenters. The summed E-state index contributed by atoms with van der Waals surface area (Å²) in [7, 11) is 4.00. The lowest BCUT2D eigenvalue weighted by molar-refractivity contribution is -0.125. The summed E-state index contributed by atoms with van der Waals surface area (Å²) in [4.78, 5) is 15.8. The van der Waals surface area contributed by atoms with Crippen LogP contribution in [-0.2, 0) is 4.79 Å². The maximum Gasteiger partial charge on any atom is 0.246 e. The van der Waals surface area contributed by atoms with Crippen LogP contribution >= 0.6 is 0 Å². The van der Waals surface area contributed by atoms with Gasteiger partial charge in [0.1, 0.15) is 0 Å². The molecular formula is C14H28N2O. The van der Waals surface area contributed by atoms with Crippen LogP contribution in [-0.4, -0.2) is 49.4 Å². The lowest BCUT2D eigenvalue weighted by Gasteiger charge is -2.16. The first-order valence-corrected chi connectivity index (χ1v) is 6.11. The van der Waals surface area contributed by atoms with Crippen LogP contribution in [0.4, 0.5) is 0 Å². The van der Waals surface area contributed by atoms with E-state index in [1.807, 2.05) is 30.0 Å². The molecule has 0 radical (unpaired) electrons. The van der Waals surface area contributed by atoms with Gasteiger partial charge in [0.2, 0.25) is 5.91 Å². The summed E-state index contributed by atoms with van der Waals surface area (Å²) in [5.41, 5.74) is 0. The van der Waals surface area contributed by atoms with E-state index >= 15 is 0 Å². The molecule has 17 heavy (non-hydrogen) atoms. The molecule has 0 aromatic rings. The highest BCUT2D eigenvalue weighted by Gasteiger charge is 2.26. The molecule has 0 spiro atoms. The van der Waals surface area contributed by atoms with Crippen molar-refractivity contribution in [1.29, 1.82) is 0 Å². The Morgan fingerprint density at radius 2 is 2.12 bits per heavy atom. The highest BCUT2D eigenvalue weighted by Crippen LogP contribution is 2.23. The molecule has 1 aliphatic heterocycles. The zero-order chi connectivity index (χ0) is 12.1. The molecule has 100 valence electrons. The minimum absolute atomic E-state index is 0. The first-order valence-electron chi connectivity index (χ1n) is 6.11. The van der Waals surface area contributed by atoms with Gasteiger partial charge in [-0.1, -0.05) is 27.4 Å². The monoisotopic (exact) mass is 240 g/mol. The molecule has 0 aromatic carbocycles. The summed E-state index contributed by atoms with van der Waals surface area (Å²) in [5, 5.41) is 0. The second kappa shape index (κ2) is 7.49. The van der Waals surface area contributed by atoms with Crippen LogP contribution in [0.2, 0.25) is 0 Å². The standard InChI is InChI=1S/C13H24N2O.CH4/c1-11(2)12-7-9-15(10-12)13(16)6-5-8-14(3)4;/h5-6,11-12H,7-10H2,1-4H3;1H4/b6-5+;/t12-;/m1./s1. The summed E-state index contributed by atoms with van der Waals surface area (Å²) in [6.07, 6.45) is 4.80. The number of hydrogen-bond acceptors (Lipinski definition) is 2. The summed E-state index contributed by atoms with van der Waals surface area (Å²) in [5.74, 6) is 1.54. The van der Waals surface area contributed by atoms with Crippen LogP contribution in [0.5, 0.6) is 0 Å². The highest BCUT2D eigenvalue weighted by atomic mass is 16.2. The van der Waals surface area contributed by atoms with E-state index < -0.39 is 0 Å². The van der Waals surface area contributed by atoms with Gasteiger partial charge in [-0.2, -0.15) is 0 Å². The topological polar surface area (TPSA) is 23.6 Å². The number of carbonyl (C=O) groups excluding carboxylic acids is 1. The van der Waals surface area contributed by atoms with E-state index in [1.165, 1.54) is 0 Å². The maximum absolute atomic E-state index is 11.8. The summed E-state index contributed by atoms with van der Waals surface area (Å²) >= 11 is 0. The molecule has 0 saturated carbocycles. The number of amides is 1. The van der Waals surface area contributed by atoms with E-state index in [2.05, 4.69) is 13.8 Å². The highest BCUT2D eigenvalue weighted by molar-refractivity contribution is 5.87. The quantitative estimate of drug-likeness (QED) is 0.704. The summed E-state index contributed by atoms with van der Waals surface area (Å²) < 4.78 is 0. The van der Waals surface area contributed by atoms with E-state index in [-0.39, 0.29) is 13.3 Å². The Bertz CT molecular complexity index is 259. The maximum atomic E-state index is 11.8. The Morgan fingerprint density at radius 1 is 1.47 bits per heavy atom. The molecular weight excluding hydrogens is 212 g/mol. The zero-order valence-corrected chi connectivity index (χ0v) is 10.9. The molecule has 0 unspecified atom stereocenters. The van der Waals surface area contributed by atoms with Crippen molar-refractivity contribution in [3.63, 3.8) is 0 Å². The number of carbonyl (C=O) groups is 1. The van der Waals surface area contributed by atoms with Crippen molar-refractivity contribution in [1.82, 2.24) is 9.80 Å². The first-order chi connectivity index (χ1) is 7.50. The third-order valence-electron chi connectivity index (χ3n) is 3.21. The van der Waals surface area contributed by atoms with Crippen LogP contribution in [0, 0.1) is 11.8 Å². The average molecular weight is 240 g/mol. The lowest BCUT2D eigenvalue weighted by atomic mass is 9.95. The van der Waals surface area contributed by atoms with Crippen molar-refractivity contribution in [2.75, 3.05) is 33.7 Å². The Balaban J connectivity index is 0.00000256. The number of likely N-dealkylation sites (N-methyl/N-ethyl adjacent to an activating group) is 1. The van der Waals surface area contributed by atoms with E-state index in [0.717, 1.165) is 26.1 Å². The molecule has 1 aliphatic rings. The molecule has 1 fully saturated rings. The van der Waals surface area contributed by atoms with Crippen molar-refractivity contribution in [2.24, 2.45) is 11.8 Å². The summed E-state index contributed by atoms with van der Waals surface area (Å²) in [6, 6.07) is 0. The van der Waals surface area contributed by atoms with Crippen molar-refractivity contribution in [3.8, 4) is 0 Å². The second-order valence-electron chi connectivity index (χ2n) is 5.24. The van der Waals surface area contributed by atoms with Crippen LogP contribution in [0.25, 0.3) is 0 Å². The van der Waals surface area contributed by atoms with E-state index in [9.17, 15) is 4.79 Å².